The van der Waals surface area contributed by atoms with Crippen LogP contribution in [0.3, 0.4) is 0 Å². The van der Waals surface area contributed by atoms with E-state index < -0.39 is 4.92 Å². The zero-order valence-electron chi connectivity index (χ0n) is 18.9. The molecule has 1 aliphatic carbocycles. The highest BCUT2D eigenvalue weighted by Crippen LogP contribution is 2.49. The second-order valence-corrected chi connectivity index (χ2v) is 10.2. The number of hydrogen-bond acceptors (Lipinski definition) is 4. The second-order valence-electron chi connectivity index (χ2n) is 9.79. The van der Waals surface area contributed by atoms with Gasteiger partial charge in [-0.05, 0) is 34.2 Å². The van der Waals surface area contributed by atoms with Crippen LogP contribution in [0.25, 0.3) is 10.8 Å². The summed E-state index contributed by atoms with van der Waals surface area (Å²) in [6.45, 7) is 3.98. The first-order valence-electron chi connectivity index (χ1n) is 11.2. The van der Waals surface area contributed by atoms with E-state index >= 15 is 0 Å². The molecule has 172 valence electrons. The molecule has 0 spiro atoms. The molecule has 1 aliphatic heterocycles. The summed E-state index contributed by atoms with van der Waals surface area (Å²) in [7, 11) is 0. The number of non-ortho nitro benzene ring substituents is 1. The molecule has 0 saturated heterocycles. The first kappa shape index (κ1) is 22.3. The number of rotatable bonds is 3. The highest BCUT2D eigenvalue weighted by atomic mass is 35.5. The predicted octanol–water partition coefficient (Wildman–Crippen LogP) is 6.57. The number of halogens is 1. The van der Waals surface area contributed by atoms with E-state index in [-0.39, 0.29) is 45.8 Å². The lowest BCUT2D eigenvalue weighted by Crippen LogP contribution is -2.43. The van der Waals surface area contributed by atoms with Crippen molar-refractivity contribution in [3.8, 4) is 0 Å². The summed E-state index contributed by atoms with van der Waals surface area (Å²) < 4.78 is 0. The molecule has 7 heteroatoms. The van der Waals surface area contributed by atoms with Crippen LogP contribution in [-0.4, -0.2) is 16.6 Å². The van der Waals surface area contributed by atoms with Crippen molar-refractivity contribution in [3.63, 3.8) is 0 Å². The first-order valence-corrected chi connectivity index (χ1v) is 11.5. The van der Waals surface area contributed by atoms with Gasteiger partial charge < -0.3 is 0 Å². The van der Waals surface area contributed by atoms with Gasteiger partial charge in [-0.1, -0.05) is 67.9 Å². The highest BCUT2D eigenvalue weighted by Gasteiger charge is 2.45. The third-order valence-corrected chi connectivity index (χ3v) is 7.02. The zero-order valence-corrected chi connectivity index (χ0v) is 19.6. The van der Waals surface area contributed by atoms with Crippen molar-refractivity contribution < 1.29 is 14.5 Å². The summed E-state index contributed by atoms with van der Waals surface area (Å²) in [5.41, 5.74) is 1.85. The zero-order chi connectivity index (χ0) is 24.2. The number of benzene rings is 3. The normalized spacial score (nSPS) is 20.0. The number of fused-ring (bicyclic) bond motifs is 1. The Hall–Kier alpha value is -3.51. The molecule has 3 aromatic carbocycles. The molecule has 2 aliphatic rings. The predicted molar refractivity (Wildman–Crippen MR) is 132 cm³/mol. The Morgan fingerprint density at radius 1 is 1.00 bits per heavy atom. The maximum absolute atomic E-state index is 13.6. The van der Waals surface area contributed by atoms with E-state index in [2.05, 4.69) is 0 Å². The minimum Gasteiger partial charge on any atom is -0.294 e. The summed E-state index contributed by atoms with van der Waals surface area (Å²) in [6, 6.07) is 18.1. The van der Waals surface area contributed by atoms with E-state index in [9.17, 15) is 19.7 Å². The molecule has 0 radical (unpaired) electrons. The lowest BCUT2D eigenvalue weighted by molar-refractivity contribution is -0.384. The number of allylic oxidation sites excluding steroid dienone is 2. The van der Waals surface area contributed by atoms with Crippen LogP contribution < -0.4 is 4.90 Å². The van der Waals surface area contributed by atoms with E-state index in [0.717, 1.165) is 16.3 Å². The van der Waals surface area contributed by atoms with Crippen molar-refractivity contribution in [3.05, 3.63) is 92.6 Å². The SMILES string of the molecule is CC1(C)CC(=O)C2=C(C1)N(c1cc([N+](=O)[O-])ccc1Cl)C(=O)CC2c1ccc2ccccc2c1. The molecule has 0 aromatic heterocycles. The summed E-state index contributed by atoms with van der Waals surface area (Å²) in [4.78, 5) is 39.4. The fourth-order valence-electron chi connectivity index (χ4n) is 5.19. The van der Waals surface area contributed by atoms with Crippen LogP contribution in [0.2, 0.25) is 5.02 Å². The van der Waals surface area contributed by atoms with Gasteiger partial charge in [-0.15, -0.1) is 0 Å². The lowest BCUT2D eigenvalue weighted by Gasteiger charge is -2.43. The van der Waals surface area contributed by atoms with Crippen molar-refractivity contribution in [1.29, 1.82) is 0 Å². The molecule has 5 rings (SSSR count). The largest absolute Gasteiger partial charge is 0.294 e. The number of carbonyl (C=O) groups excluding carboxylic acids is 2. The van der Waals surface area contributed by atoms with Gasteiger partial charge in [0, 0.05) is 42.2 Å². The number of nitro benzene ring substituents is 1. The van der Waals surface area contributed by atoms with Crippen LogP contribution in [0.15, 0.2) is 71.9 Å². The third kappa shape index (κ3) is 3.78. The second kappa shape index (κ2) is 8.06. The molecule has 34 heavy (non-hydrogen) atoms. The van der Waals surface area contributed by atoms with E-state index in [1.807, 2.05) is 56.3 Å². The standard InChI is InChI=1S/C27H23ClN2O4/c1-27(2)14-23-26(24(31)15-27)20(18-8-7-16-5-3-4-6-17(16)11-18)13-25(32)29(23)22-12-19(30(33)34)9-10-21(22)28/h3-12,20H,13-15H2,1-2H3. The fraction of sp³-hybridized carbons (Fsp3) is 0.259. The van der Waals surface area contributed by atoms with Crippen molar-refractivity contribution >= 4 is 45.4 Å². The Morgan fingerprint density at radius 3 is 2.47 bits per heavy atom. The number of nitro groups is 1. The van der Waals surface area contributed by atoms with E-state index in [1.54, 1.807) is 0 Å². The van der Waals surface area contributed by atoms with Crippen molar-refractivity contribution in [2.24, 2.45) is 5.41 Å². The number of nitrogens with zero attached hydrogens (tertiary/aromatic N) is 2. The molecule has 0 bridgehead atoms. The number of anilines is 1. The van der Waals surface area contributed by atoms with Crippen LogP contribution in [0.5, 0.6) is 0 Å². The molecule has 0 N–H and O–H groups in total. The monoisotopic (exact) mass is 474 g/mol. The first-order chi connectivity index (χ1) is 16.1. The Morgan fingerprint density at radius 2 is 1.74 bits per heavy atom. The Kier molecular flexibility index (Phi) is 5.29. The smallest absolute Gasteiger partial charge is 0.271 e. The number of amides is 1. The Bertz CT molecular complexity index is 1410. The van der Waals surface area contributed by atoms with Crippen molar-refractivity contribution in [1.82, 2.24) is 0 Å². The number of ketones is 1. The van der Waals surface area contributed by atoms with Gasteiger partial charge in [-0.3, -0.25) is 24.6 Å². The Balaban J connectivity index is 1.71. The topological polar surface area (TPSA) is 80.5 Å². The lowest BCUT2D eigenvalue weighted by atomic mass is 9.69. The van der Waals surface area contributed by atoms with E-state index in [4.69, 9.17) is 11.6 Å². The maximum atomic E-state index is 13.6. The van der Waals surface area contributed by atoms with Crippen LogP contribution in [-0.2, 0) is 9.59 Å². The molecular weight excluding hydrogens is 452 g/mol. The molecule has 1 heterocycles. The van der Waals surface area contributed by atoms with Crippen LogP contribution in [0.1, 0.15) is 44.6 Å². The summed E-state index contributed by atoms with van der Waals surface area (Å²) in [5, 5.41) is 13.8. The highest BCUT2D eigenvalue weighted by molar-refractivity contribution is 6.34. The summed E-state index contributed by atoms with van der Waals surface area (Å²) in [6.07, 6.45) is 0.950. The molecular formula is C27H23ClN2O4. The molecule has 3 aromatic rings. The third-order valence-electron chi connectivity index (χ3n) is 6.70. The van der Waals surface area contributed by atoms with E-state index in [0.29, 0.717) is 24.1 Å². The molecule has 1 amide bonds. The molecule has 0 fully saturated rings. The van der Waals surface area contributed by atoms with Gasteiger partial charge in [0.25, 0.3) is 5.69 Å². The van der Waals surface area contributed by atoms with E-state index in [1.165, 1.54) is 23.1 Å². The number of hydrogen-bond donors (Lipinski definition) is 0. The van der Waals surface area contributed by atoms with Gasteiger partial charge in [0.1, 0.15) is 0 Å². The quantitative estimate of drug-likeness (QED) is 0.318. The van der Waals surface area contributed by atoms with Gasteiger partial charge in [0.05, 0.1) is 15.6 Å². The molecule has 1 unspecified atom stereocenters. The van der Waals surface area contributed by atoms with Gasteiger partial charge in [0.2, 0.25) is 5.91 Å². The van der Waals surface area contributed by atoms with Crippen molar-refractivity contribution in [2.45, 2.75) is 39.0 Å². The minimum atomic E-state index is -0.516. The van der Waals surface area contributed by atoms with Crippen LogP contribution in [0, 0.1) is 15.5 Å². The van der Waals surface area contributed by atoms with Gasteiger partial charge >= 0.3 is 0 Å². The summed E-state index contributed by atoms with van der Waals surface area (Å²) in [5.74, 6) is -0.599. The Labute approximate surface area is 202 Å². The van der Waals surface area contributed by atoms with Gasteiger partial charge in [0.15, 0.2) is 5.78 Å². The van der Waals surface area contributed by atoms with Gasteiger partial charge in [-0.2, -0.15) is 0 Å². The number of Topliss-reactive ketones (excluding diaryl/α,β-unsaturated/α-hetero) is 1. The molecule has 1 atom stereocenters. The fourth-order valence-corrected chi connectivity index (χ4v) is 5.39. The molecule has 6 nitrogen and oxygen atoms in total. The average molecular weight is 475 g/mol. The van der Waals surface area contributed by atoms with Crippen LogP contribution in [0.4, 0.5) is 11.4 Å². The van der Waals surface area contributed by atoms with Crippen LogP contribution >= 0.6 is 11.6 Å². The minimum absolute atomic E-state index is 0.00321. The molecule has 0 saturated carbocycles. The number of carbonyl (C=O) groups is 2. The average Bonchev–Trinajstić information content (AvgIpc) is 2.78. The maximum Gasteiger partial charge on any atom is 0.271 e. The van der Waals surface area contributed by atoms with Gasteiger partial charge in [-0.25, -0.2) is 0 Å². The van der Waals surface area contributed by atoms with Crippen molar-refractivity contribution in [2.75, 3.05) is 4.90 Å². The summed E-state index contributed by atoms with van der Waals surface area (Å²) >= 11 is 6.43.